The molecular formula is C14H12F2N2O. The van der Waals surface area contributed by atoms with Crippen molar-refractivity contribution in [3.63, 3.8) is 0 Å². The van der Waals surface area contributed by atoms with Crippen molar-refractivity contribution >= 4 is 17.3 Å². The van der Waals surface area contributed by atoms with Gasteiger partial charge >= 0.3 is 0 Å². The quantitative estimate of drug-likeness (QED) is 0.817. The molecule has 0 spiro atoms. The van der Waals surface area contributed by atoms with Gasteiger partial charge in [0.1, 0.15) is 11.6 Å². The molecule has 2 rings (SSSR count). The molecule has 0 heterocycles. The van der Waals surface area contributed by atoms with Gasteiger partial charge in [0.2, 0.25) is 0 Å². The van der Waals surface area contributed by atoms with Crippen molar-refractivity contribution in [2.45, 2.75) is 6.92 Å². The first-order valence-electron chi connectivity index (χ1n) is 5.60. The lowest BCUT2D eigenvalue weighted by atomic mass is 10.1. The molecule has 3 nitrogen and oxygen atoms in total. The summed E-state index contributed by atoms with van der Waals surface area (Å²) in [5, 5.41) is 2.55. The summed E-state index contributed by atoms with van der Waals surface area (Å²) in [5.74, 6) is -2.22. The number of halogens is 2. The van der Waals surface area contributed by atoms with Crippen LogP contribution in [0.1, 0.15) is 15.9 Å². The van der Waals surface area contributed by atoms with Crippen molar-refractivity contribution in [3.8, 4) is 0 Å². The van der Waals surface area contributed by atoms with E-state index in [1.165, 1.54) is 0 Å². The molecule has 2 aromatic carbocycles. The van der Waals surface area contributed by atoms with E-state index in [0.29, 0.717) is 17.4 Å². The van der Waals surface area contributed by atoms with Gasteiger partial charge in [-0.15, -0.1) is 0 Å². The Hall–Kier alpha value is -2.43. The van der Waals surface area contributed by atoms with Gasteiger partial charge < -0.3 is 11.1 Å². The number of nitrogens with one attached hydrogen (secondary N) is 1. The summed E-state index contributed by atoms with van der Waals surface area (Å²) in [6.07, 6.45) is 0. The number of benzene rings is 2. The van der Waals surface area contributed by atoms with E-state index in [4.69, 9.17) is 5.73 Å². The first-order valence-corrected chi connectivity index (χ1v) is 5.60. The van der Waals surface area contributed by atoms with Crippen LogP contribution in [-0.4, -0.2) is 5.91 Å². The maximum atomic E-state index is 13.0. The third-order valence-electron chi connectivity index (χ3n) is 2.67. The van der Waals surface area contributed by atoms with E-state index in [1.54, 1.807) is 25.1 Å². The molecule has 19 heavy (non-hydrogen) atoms. The lowest BCUT2D eigenvalue weighted by molar-refractivity contribution is 0.102. The van der Waals surface area contributed by atoms with Crippen LogP contribution in [0.15, 0.2) is 36.4 Å². The van der Waals surface area contributed by atoms with E-state index in [2.05, 4.69) is 5.32 Å². The Labute approximate surface area is 109 Å². The molecule has 1 amide bonds. The summed E-state index contributed by atoms with van der Waals surface area (Å²) < 4.78 is 26.1. The third kappa shape index (κ3) is 2.88. The molecular weight excluding hydrogens is 250 g/mol. The highest BCUT2D eigenvalue weighted by atomic mass is 19.1. The number of carbonyl (C=O) groups excluding carboxylic acids is 1. The number of rotatable bonds is 2. The standard InChI is InChI=1S/C14H12F2N2O/c1-8-3-2-4-12(17)13(8)18-14(19)9-5-10(15)7-11(16)6-9/h2-7H,17H2,1H3,(H,18,19). The van der Waals surface area contributed by atoms with Crippen molar-refractivity contribution in [2.75, 3.05) is 11.1 Å². The molecule has 0 aliphatic rings. The largest absolute Gasteiger partial charge is 0.397 e. The number of hydrogen-bond acceptors (Lipinski definition) is 2. The van der Waals surface area contributed by atoms with Crippen LogP contribution in [0, 0.1) is 18.6 Å². The molecule has 0 radical (unpaired) electrons. The number of para-hydroxylation sites is 1. The molecule has 0 saturated carbocycles. The molecule has 0 saturated heterocycles. The molecule has 0 unspecified atom stereocenters. The van der Waals surface area contributed by atoms with E-state index in [0.717, 1.165) is 17.7 Å². The normalized spacial score (nSPS) is 10.3. The van der Waals surface area contributed by atoms with Gasteiger partial charge in [0.05, 0.1) is 11.4 Å². The minimum absolute atomic E-state index is 0.0971. The van der Waals surface area contributed by atoms with E-state index in [-0.39, 0.29) is 5.56 Å². The van der Waals surface area contributed by atoms with Gasteiger partial charge in [-0.05, 0) is 30.7 Å². The van der Waals surface area contributed by atoms with Crippen LogP contribution in [0.2, 0.25) is 0 Å². The highest BCUT2D eigenvalue weighted by molar-refractivity contribution is 6.06. The van der Waals surface area contributed by atoms with Crippen LogP contribution in [0.4, 0.5) is 20.2 Å². The lowest BCUT2D eigenvalue weighted by Gasteiger charge is -2.11. The molecule has 0 bridgehead atoms. The van der Waals surface area contributed by atoms with Crippen molar-refractivity contribution in [1.82, 2.24) is 0 Å². The lowest BCUT2D eigenvalue weighted by Crippen LogP contribution is -2.14. The SMILES string of the molecule is Cc1cccc(N)c1NC(=O)c1cc(F)cc(F)c1. The maximum Gasteiger partial charge on any atom is 0.255 e. The van der Waals surface area contributed by atoms with Gasteiger partial charge in [0.15, 0.2) is 0 Å². The second-order valence-electron chi connectivity index (χ2n) is 4.15. The summed E-state index contributed by atoms with van der Waals surface area (Å²) in [7, 11) is 0. The fraction of sp³-hybridized carbons (Fsp3) is 0.0714. The smallest absolute Gasteiger partial charge is 0.255 e. The summed E-state index contributed by atoms with van der Waals surface area (Å²) in [5.41, 5.74) is 7.25. The third-order valence-corrected chi connectivity index (χ3v) is 2.67. The van der Waals surface area contributed by atoms with Crippen LogP contribution in [0.25, 0.3) is 0 Å². The average Bonchev–Trinajstić information content (AvgIpc) is 2.32. The number of nitrogens with two attached hydrogens (primary N) is 1. The first kappa shape index (κ1) is 13.0. The first-order chi connectivity index (χ1) is 8.97. The van der Waals surface area contributed by atoms with E-state index in [1.807, 2.05) is 0 Å². The predicted octanol–water partition coefficient (Wildman–Crippen LogP) is 3.11. The van der Waals surface area contributed by atoms with E-state index >= 15 is 0 Å². The van der Waals surface area contributed by atoms with Gasteiger partial charge in [-0.1, -0.05) is 12.1 Å². The van der Waals surface area contributed by atoms with E-state index in [9.17, 15) is 13.6 Å². The van der Waals surface area contributed by atoms with E-state index < -0.39 is 17.5 Å². The van der Waals surface area contributed by atoms with Gasteiger partial charge in [-0.2, -0.15) is 0 Å². The van der Waals surface area contributed by atoms with Gasteiger partial charge in [-0.25, -0.2) is 8.78 Å². The number of anilines is 2. The zero-order valence-corrected chi connectivity index (χ0v) is 10.2. The van der Waals surface area contributed by atoms with Crippen LogP contribution >= 0.6 is 0 Å². The van der Waals surface area contributed by atoms with Crippen LogP contribution < -0.4 is 11.1 Å². The average molecular weight is 262 g/mol. The second-order valence-corrected chi connectivity index (χ2v) is 4.15. The van der Waals surface area contributed by atoms with Crippen molar-refractivity contribution in [3.05, 3.63) is 59.2 Å². The summed E-state index contributed by atoms with van der Waals surface area (Å²) in [6.45, 7) is 1.78. The molecule has 5 heteroatoms. The number of hydrogen-bond donors (Lipinski definition) is 2. The predicted molar refractivity (Wildman–Crippen MR) is 69.9 cm³/mol. The summed E-state index contributed by atoms with van der Waals surface area (Å²) in [4.78, 5) is 11.9. The fourth-order valence-corrected chi connectivity index (χ4v) is 1.73. The summed E-state index contributed by atoms with van der Waals surface area (Å²) >= 11 is 0. The number of nitrogen functional groups attached to an aromatic ring is 1. The zero-order valence-electron chi connectivity index (χ0n) is 10.2. The monoisotopic (exact) mass is 262 g/mol. The molecule has 2 aromatic rings. The molecule has 98 valence electrons. The van der Waals surface area contributed by atoms with Crippen LogP contribution in [0.5, 0.6) is 0 Å². The molecule has 0 aliphatic heterocycles. The van der Waals surface area contributed by atoms with Crippen molar-refractivity contribution in [2.24, 2.45) is 0 Å². The second kappa shape index (κ2) is 5.06. The number of aryl methyl sites for hydroxylation is 1. The Bertz CT molecular complexity index is 601. The Kier molecular flexibility index (Phi) is 3.46. The van der Waals surface area contributed by atoms with Crippen LogP contribution in [-0.2, 0) is 0 Å². The summed E-state index contributed by atoms with van der Waals surface area (Å²) in [6, 6.07) is 7.80. The van der Waals surface area contributed by atoms with Crippen molar-refractivity contribution in [1.29, 1.82) is 0 Å². The Morgan fingerprint density at radius 2 is 1.79 bits per heavy atom. The molecule has 3 N–H and O–H groups in total. The maximum absolute atomic E-state index is 13.0. The van der Waals surface area contributed by atoms with Gasteiger partial charge in [0.25, 0.3) is 5.91 Å². The molecule has 0 atom stereocenters. The van der Waals surface area contributed by atoms with Gasteiger partial charge in [0, 0.05) is 11.6 Å². The van der Waals surface area contributed by atoms with Crippen LogP contribution in [0.3, 0.4) is 0 Å². The zero-order chi connectivity index (χ0) is 14.0. The fourth-order valence-electron chi connectivity index (χ4n) is 1.73. The Morgan fingerprint density at radius 3 is 2.37 bits per heavy atom. The molecule has 0 aromatic heterocycles. The van der Waals surface area contributed by atoms with Crippen molar-refractivity contribution < 1.29 is 13.6 Å². The Balaban J connectivity index is 2.31. The topological polar surface area (TPSA) is 55.1 Å². The highest BCUT2D eigenvalue weighted by Gasteiger charge is 2.12. The molecule has 0 fully saturated rings. The Morgan fingerprint density at radius 1 is 1.16 bits per heavy atom. The molecule has 0 aliphatic carbocycles. The van der Waals surface area contributed by atoms with Gasteiger partial charge in [-0.3, -0.25) is 4.79 Å². The minimum atomic E-state index is -0.803. The number of amides is 1. The minimum Gasteiger partial charge on any atom is -0.397 e. The highest BCUT2D eigenvalue weighted by Crippen LogP contribution is 2.23. The number of carbonyl (C=O) groups is 1.